The molecule has 3 unspecified atom stereocenters. The zero-order chi connectivity index (χ0) is 19.5. The molecule has 2 amide bonds. The normalized spacial score (nSPS) is 23.8. The van der Waals surface area contributed by atoms with Crippen LogP contribution in [0.4, 0.5) is 5.69 Å². The lowest BCUT2D eigenvalue weighted by Crippen LogP contribution is -2.40. The summed E-state index contributed by atoms with van der Waals surface area (Å²) < 4.78 is 5.90. The van der Waals surface area contributed by atoms with Gasteiger partial charge in [-0.15, -0.1) is 0 Å². The second-order valence-corrected chi connectivity index (χ2v) is 7.88. The SMILES string of the molecule is CC1CCCN(C(=O)C2CC2C(=O)Nc2ccccc2Oc2ccccc2)C1. The highest BCUT2D eigenvalue weighted by atomic mass is 16.5. The first-order valence-electron chi connectivity index (χ1n) is 10.0. The summed E-state index contributed by atoms with van der Waals surface area (Å²) in [6.07, 6.45) is 2.87. The number of nitrogens with zero attached hydrogens (tertiary/aromatic N) is 1. The monoisotopic (exact) mass is 378 g/mol. The van der Waals surface area contributed by atoms with Gasteiger partial charge in [-0.05, 0) is 49.4 Å². The molecule has 0 aromatic heterocycles. The average molecular weight is 378 g/mol. The van der Waals surface area contributed by atoms with Crippen LogP contribution in [0.25, 0.3) is 0 Å². The summed E-state index contributed by atoms with van der Waals surface area (Å²) in [6, 6.07) is 16.8. The van der Waals surface area contributed by atoms with E-state index in [9.17, 15) is 9.59 Å². The third-order valence-electron chi connectivity index (χ3n) is 5.53. The van der Waals surface area contributed by atoms with E-state index < -0.39 is 0 Å². The third kappa shape index (κ3) is 4.19. The maximum atomic E-state index is 12.7. The number of hydrogen-bond acceptors (Lipinski definition) is 3. The van der Waals surface area contributed by atoms with Crippen molar-refractivity contribution in [1.82, 2.24) is 4.90 Å². The lowest BCUT2D eigenvalue weighted by Gasteiger charge is -2.31. The van der Waals surface area contributed by atoms with E-state index in [-0.39, 0.29) is 23.7 Å². The van der Waals surface area contributed by atoms with Gasteiger partial charge in [-0.25, -0.2) is 0 Å². The van der Waals surface area contributed by atoms with Crippen LogP contribution in [-0.2, 0) is 9.59 Å². The molecule has 5 heteroatoms. The molecule has 5 nitrogen and oxygen atoms in total. The summed E-state index contributed by atoms with van der Waals surface area (Å²) >= 11 is 0. The minimum atomic E-state index is -0.241. The average Bonchev–Trinajstić information content (AvgIpc) is 3.51. The Morgan fingerprint density at radius 1 is 1.04 bits per heavy atom. The largest absolute Gasteiger partial charge is 0.455 e. The molecule has 2 aliphatic rings. The van der Waals surface area contributed by atoms with Crippen molar-refractivity contribution < 1.29 is 14.3 Å². The highest BCUT2D eigenvalue weighted by Gasteiger charge is 2.49. The molecule has 2 fully saturated rings. The highest BCUT2D eigenvalue weighted by Crippen LogP contribution is 2.42. The Morgan fingerprint density at radius 2 is 1.79 bits per heavy atom. The number of nitrogens with one attached hydrogen (secondary N) is 1. The molecule has 2 aromatic carbocycles. The predicted octanol–water partition coefficient (Wildman–Crippen LogP) is 4.31. The van der Waals surface area contributed by atoms with Gasteiger partial charge in [-0.2, -0.15) is 0 Å². The molecule has 2 aromatic rings. The molecular weight excluding hydrogens is 352 g/mol. The third-order valence-corrected chi connectivity index (χ3v) is 5.53. The molecule has 1 aliphatic carbocycles. The Hall–Kier alpha value is -2.82. The van der Waals surface area contributed by atoms with Crippen LogP contribution in [0.1, 0.15) is 26.2 Å². The molecule has 1 heterocycles. The molecule has 1 N–H and O–H groups in total. The number of para-hydroxylation sites is 3. The van der Waals surface area contributed by atoms with Crippen molar-refractivity contribution >= 4 is 17.5 Å². The zero-order valence-corrected chi connectivity index (χ0v) is 16.1. The van der Waals surface area contributed by atoms with Crippen LogP contribution in [0.15, 0.2) is 54.6 Å². The van der Waals surface area contributed by atoms with Gasteiger partial charge < -0.3 is 15.0 Å². The van der Waals surface area contributed by atoms with E-state index in [4.69, 9.17) is 4.74 Å². The molecule has 0 radical (unpaired) electrons. The second-order valence-electron chi connectivity index (χ2n) is 7.88. The number of anilines is 1. The van der Waals surface area contributed by atoms with E-state index in [1.54, 1.807) is 0 Å². The smallest absolute Gasteiger partial charge is 0.228 e. The van der Waals surface area contributed by atoms with Crippen molar-refractivity contribution in [3.8, 4) is 11.5 Å². The van der Waals surface area contributed by atoms with Crippen LogP contribution in [-0.4, -0.2) is 29.8 Å². The summed E-state index contributed by atoms with van der Waals surface area (Å²) in [5, 5.41) is 2.95. The number of piperidine rings is 1. The summed E-state index contributed by atoms with van der Waals surface area (Å²) in [4.78, 5) is 27.3. The highest BCUT2D eigenvalue weighted by molar-refractivity contribution is 6.00. The van der Waals surface area contributed by atoms with Crippen LogP contribution in [0.3, 0.4) is 0 Å². The fourth-order valence-electron chi connectivity index (χ4n) is 3.88. The summed E-state index contributed by atoms with van der Waals surface area (Å²) in [5.41, 5.74) is 0.626. The number of benzene rings is 2. The van der Waals surface area contributed by atoms with Crippen molar-refractivity contribution in [1.29, 1.82) is 0 Å². The topological polar surface area (TPSA) is 58.6 Å². The Morgan fingerprint density at radius 3 is 2.57 bits per heavy atom. The lowest BCUT2D eigenvalue weighted by molar-refractivity contribution is -0.135. The van der Waals surface area contributed by atoms with Crippen LogP contribution >= 0.6 is 0 Å². The van der Waals surface area contributed by atoms with Gasteiger partial charge in [-0.1, -0.05) is 37.3 Å². The summed E-state index contributed by atoms with van der Waals surface area (Å²) in [5.74, 6) is 1.47. The number of rotatable bonds is 5. The number of amides is 2. The van der Waals surface area contributed by atoms with Gasteiger partial charge in [-0.3, -0.25) is 9.59 Å². The molecule has 0 bridgehead atoms. The number of carbonyl (C=O) groups excluding carboxylic acids is 2. The van der Waals surface area contributed by atoms with Crippen molar-refractivity contribution in [3.63, 3.8) is 0 Å². The van der Waals surface area contributed by atoms with Gasteiger partial charge in [0, 0.05) is 13.1 Å². The van der Waals surface area contributed by atoms with E-state index in [2.05, 4.69) is 12.2 Å². The Labute approximate surface area is 165 Å². The number of hydrogen-bond donors (Lipinski definition) is 1. The van der Waals surface area contributed by atoms with Gasteiger partial charge in [0.15, 0.2) is 5.75 Å². The van der Waals surface area contributed by atoms with Gasteiger partial charge in [0.25, 0.3) is 0 Å². The van der Waals surface area contributed by atoms with Gasteiger partial charge in [0.05, 0.1) is 17.5 Å². The van der Waals surface area contributed by atoms with Crippen LogP contribution in [0, 0.1) is 17.8 Å². The fourth-order valence-corrected chi connectivity index (χ4v) is 3.88. The van der Waals surface area contributed by atoms with E-state index >= 15 is 0 Å². The van der Waals surface area contributed by atoms with Crippen molar-refractivity contribution in [2.45, 2.75) is 26.2 Å². The molecular formula is C23H26N2O3. The molecule has 0 spiro atoms. The molecule has 1 aliphatic heterocycles. The van der Waals surface area contributed by atoms with Gasteiger partial charge >= 0.3 is 0 Å². The number of ether oxygens (including phenoxy) is 1. The van der Waals surface area contributed by atoms with E-state index in [1.165, 1.54) is 6.42 Å². The molecule has 1 saturated heterocycles. The lowest BCUT2D eigenvalue weighted by atomic mass is 10.00. The van der Waals surface area contributed by atoms with Crippen LogP contribution < -0.4 is 10.1 Å². The van der Waals surface area contributed by atoms with Gasteiger partial charge in [0.1, 0.15) is 5.75 Å². The van der Waals surface area contributed by atoms with E-state index in [0.29, 0.717) is 29.5 Å². The molecule has 28 heavy (non-hydrogen) atoms. The molecule has 146 valence electrons. The Balaban J connectivity index is 1.38. The zero-order valence-electron chi connectivity index (χ0n) is 16.1. The second kappa shape index (κ2) is 8.05. The van der Waals surface area contributed by atoms with E-state index in [0.717, 1.165) is 19.5 Å². The fraction of sp³-hybridized carbons (Fsp3) is 0.391. The molecule has 1 saturated carbocycles. The summed E-state index contributed by atoms with van der Waals surface area (Å²) in [6.45, 7) is 3.82. The quantitative estimate of drug-likeness (QED) is 0.843. The maximum Gasteiger partial charge on any atom is 0.228 e. The van der Waals surface area contributed by atoms with Crippen molar-refractivity contribution in [2.75, 3.05) is 18.4 Å². The Bertz CT molecular complexity index is 852. The first kappa shape index (κ1) is 18.5. The van der Waals surface area contributed by atoms with Crippen molar-refractivity contribution in [2.24, 2.45) is 17.8 Å². The molecule has 3 atom stereocenters. The first-order valence-corrected chi connectivity index (χ1v) is 10.0. The predicted molar refractivity (Wildman–Crippen MR) is 108 cm³/mol. The van der Waals surface area contributed by atoms with Gasteiger partial charge in [0.2, 0.25) is 11.8 Å². The number of carbonyl (C=O) groups is 2. The minimum Gasteiger partial charge on any atom is -0.455 e. The van der Waals surface area contributed by atoms with Crippen LogP contribution in [0.5, 0.6) is 11.5 Å². The molecule has 4 rings (SSSR count). The maximum absolute atomic E-state index is 12.7. The minimum absolute atomic E-state index is 0.104. The van der Waals surface area contributed by atoms with E-state index in [1.807, 2.05) is 59.5 Å². The Kier molecular flexibility index (Phi) is 5.33. The standard InChI is InChI=1S/C23H26N2O3/c1-16-8-7-13-25(15-16)23(27)19-14-18(19)22(26)24-20-11-5-6-12-21(20)28-17-9-3-2-4-10-17/h2-6,9-12,16,18-19H,7-8,13-15H2,1H3,(H,24,26). The van der Waals surface area contributed by atoms with Crippen LogP contribution in [0.2, 0.25) is 0 Å². The first-order chi connectivity index (χ1) is 13.6. The number of likely N-dealkylation sites (tertiary alicyclic amines) is 1. The summed E-state index contributed by atoms with van der Waals surface area (Å²) in [7, 11) is 0. The van der Waals surface area contributed by atoms with Crippen molar-refractivity contribution in [3.05, 3.63) is 54.6 Å².